The van der Waals surface area contributed by atoms with Crippen LogP contribution in [0, 0.1) is 16.7 Å². The maximum Gasteiger partial charge on any atom is 0.351 e. The summed E-state index contributed by atoms with van der Waals surface area (Å²) >= 11 is 1.20. The minimum Gasteiger partial charge on any atom is -0.348 e. The molecule has 0 aromatic carbocycles. The molecule has 0 radical (unpaired) electrons. The Balaban J connectivity index is -0.000000319. The molecular formula is C47H83N7O5S2. The lowest BCUT2D eigenvalue weighted by molar-refractivity contribution is -0.123. The van der Waals surface area contributed by atoms with E-state index in [2.05, 4.69) is 111 Å². The van der Waals surface area contributed by atoms with Gasteiger partial charge in [0.15, 0.2) is 15.0 Å². The number of H-pyrrole nitrogens is 2. The summed E-state index contributed by atoms with van der Waals surface area (Å²) in [5.74, 6) is 0.0618. The molecule has 61 heavy (non-hydrogen) atoms. The molecule has 1 aliphatic heterocycles. The molecule has 0 unspecified atom stereocenters. The van der Waals surface area contributed by atoms with Gasteiger partial charge in [0.2, 0.25) is 0 Å². The third-order valence-corrected chi connectivity index (χ3v) is 9.80. The number of allylic oxidation sites excluding steroid dienone is 2. The van der Waals surface area contributed by atoms with Crippen LogP contribution in [0.2, 0.25) is 0 Å². The van der Waals surface area contributed by atoms with Gasteiger partial charge >= 0.3 is 6.03 Å². The number of hydrogen-bond acceptors (Lipinski definition) is 9. The Morgan fingerprint density at radius 3 is 1.48 bits per heavy atom. The molecule has 2 N–H and O–H groups in total. The number of imide groups is 1. The molecule has 4 rings (SSSR count). The minimum absolute atomic E-state index is 0. The van der Waals surface area contributed by atoms with Crippen molar-refractivity contribution in [2.75, 3.05) is 5.75 Å². The fraction of sp³-hybridized carbons (Fsp3) is 0.596. The Bertz CT molecular complexity index is 1740. The van der Waals surface area contributed by atoms with Gasteiger partial charge in [-0.1, -0.05) is 143 Å². The number of aliphatic imine (C=N–C) groups is 1. The highest BCUT2D eigenvalue weighted by atomic mass is 32.2. The van der Waals surface area contributed by atoms with Crippen LogP contribution in [-0.4, -0.2) is 72.8 Å². The average molecular weight is 890 g/mol. The summed E-state index contributed by atoms with van der Waals surface area (Å²) in [7, 11) is -2.95. The maximum atomic E-state index is 11.6. The molecule has 0 aliphatic carbocycles. The quantitative estimate of drug-likeness (QED) is 0.191. The van der Waals surface area contributed by atoms with Crippen LogP contribution in [0.25, 0.3) is 0 Å². The number of sulfone groups is 1. The fourth-order valence-corrected chi connectivity index (χ4v) is 5.78. The summed E-state index contributed by atoms with van der Waals surface area (Å²) in [6.07, 6.45) is 14.2. The first-order valence-electron chi connectivity index (χ1n) is 20.2. The van der Waals surface area contributed by atoms with E-state index in [-0.39, 0.29) is 46.4 Å². The molecule has 3 aromatic heterocycles. The second-order valence-corrected chi connectivity index (χ2v) is 21.9. The van der Waals surface area contributed by atoms with Crippen molar-refractivity contribution < 1.29 is 22.8 Å². The number of thioether (sulfide) groups is 1. The van der Waals surface area contributed by atoms with Crippen LogP contribution < -0.4 is 0 Å². The monoisotopic (exact) mass is 890 g/mol. The molecule has 4 heterocycles. The Hall–Kier alpha value is -4.17. The van der Waals surface area contributed by atoms with Gasteiger partial charge in [-0.2, -0.15) is 4.99 Å². The molecule has 348 valence electrons. The van der Waals surface area contributed by atoms with Gasteiger partial charge in [-0.15, -0.1) is 0 Å². The van der Waals surface area contributed by atoms with Crippen LogP contribution in [-0.2, 0) is 30.3 Å². The second kappa shape index (κ2) is 29.2. The SMILES string of the molecule is C.C/C=C/C(C)(C)C.C=CS(=O)(=O)CC(C)C.CC.CC(C)(C)C(=O)Sc1ccccn1.CC(C)(C)N1C(=O)C=NC1=O.CC(C)(C)c1cnc[nH]1.CC(C)(C)c1cnc[nH]1. The van der Waals surface area contributed by atoms with E-state index in [4.69, 9.17) is 0 Å². The summed E-state index contributed by atoms with van der Waals surface area (Å²) in [5.41, 5.74) is 2.37. The summed E-state index contributed by atoms with van der Waals surface area (Å²) in [6.45, 7) is 43.5. The first kappa shape index (κ1) is 63.5. The zero-order valence-electron chi connectivity index (χ0n) is 40.5. The van der Waals surface area contributed by atoms with E-state index in [1.165, 1.54) is 23.1 Å². The van der Waals surface area contributed by atoms with E-state index in [1.807, 2.05) is 86.0 Å². The molecule has 0 spiro atoms. The molecule has 0 bridgehead atoms. The zero-order chi connectivity index (χ0) is 47.8. The highest BCUT2D eigenvalue weighted by Gasteiger charge is 2.34. The van der Waals surface area contributed by atoms with Gasteiger partial charge in [-0.25, -0.2) is 28.2 Å². The van der Waals surface area contributed by atoms with Crippen LogP contribution >= 0.6 is 11.8 Å². The lowest BCUT2D eigenvalue weighted by Gasteiger charge is -2.27. The van der Waals surface area contributed by atoms with Gasteiger partial charge in [0.05, 0.1) is 24.6 Å². The Morgan fingerprint density at radius 1 is 0.836 bits per heavy atom. The van der Waals surface area contributed by atoms with E-state index in [1.54, 1.807) is 39.6 Å². The third kappa shape index (κ3) is 32.2. The van der Waals surface area contributed by atoms with E-state index >= 15 is 0 Å². The molecule has 1 aliphatic rings. The van der Waals surface area contributed by atoms with Crippen molar-refractivity contribution in [3.05, 3.63) is 85.0 Å². The fourth-order valence-electron chi connectivity index (χ4n) is 3.96. The number of urea groups is 1. The van der Waals surface area contributed by atoms with Gasteiger partial charge < -0.3 is 9.97 Å². The van der Waals surface area contributed by atoms with Crippen LogP contribution in [0.15, 0.2) is 83.6 Å². The molecule has 0 saturated carbocycles. The molecule has 0 atom stereocenters. The molecule has 0 fully saturated rings. The third-order valence-electron chi connectivity index (χ3n) is 6.91. The number of nitrogens with one attached hydrogen (secondary N) is 2. The Labute approximate surface area is 375 Å². The number of hydrogen-bond donors (Lipinski definition) is 2. The van der Waals surface area contributed by atoms with Gasteiger partial charge in [0, 0.05) is 57.2 Å². The van der Waals surface area contributed by atoms with Crippen molar-refractivity contribution in [2.45, 2.75) is 167 Å². The molecule has 3 aromatic rings. The maximum absolute atomic E-state index is 11.6. The molecular weight excluding hydrogens is 807 g/mol. The largest absolute Gasteiger partial charge is 0.351 e. The van der Waals surface area contributed by atoms with Gasteiger partial charge in [0.25, 0.3) is 5.91 Å². The summed E-state index contributed by atoms with van der Waals surface area (Å²) < 4.78 is 21.4. The predicted molar refractivity (Wildman–Crippen MR) is 261 cm³/mol. The van der Waals surface area contributed by atoms with Gasteiger partial charge in [0.1, 0.15) is 5.03 Å². The minimum atomic E-state index is -2.95. The van der Waals surface area contributed by atoms with Crippen LogP contribution in [0.5, 0.6) is 0 Å². The van der Waals surface area contributed by atoms with Gasteiger partial charge in [-0.3, -0.25) is 14.5 Å². The van der Waals surface area contributed by atoms with Crippen LogP contribution in [0.4, 0.5) is 4.79 Å². The van der Waals surface area contributed by atoms with Crippen molar-refractivity contribution in [1.82, 2.24) is 29.8 Å². The number of imidazole rings is 2. The summed E-state index contributed by atoms with van der Waals surface area (Å²) in [6, 6.07) is 5.09. The predicted octanol–water partition coefficient (Wildman–Crippen LogP) is 12.5. The highest BCUT2D eigenvalue weighted by Crippen LogP contribution is 2.27. The van der Waals surface area contributed by atoms with Crippen molar-refractivity contribution in [1.29, 1.82) is 0 Å². The standard InChI is InChI=1S/C10H13NOS.C7H10N2O2.2C7H12N2.C7H14.C6H12O2S.C2H6.CH4/c1-10(2,3)9(12)13-8-6-4-5-7-11-8;1-7(2,3)9-5(10)4-8-6(9)11;2*1-7(2,3)6-4-8-5-9-6;1-5-6-7(2,3)4;1-4-9(7,8)5-6(2)3;1-2;/h4-7H,1-3H3;4H,1-3H3;2*4-5H,1-3H3,(H,8,9);5-6H,1-4H3;4,6H,1,5H2,2-3H3;1-2H3;1H4/b;;;;6-5+;;;. The normalized spacial score (nSPS) is 12.6. The zero-order valence-corrected chi connectivity index (χ0v) is 42.1. The van der Waals surface area contributed by atoms with Crippen molar-refractivity contribution in [3.8, 4) is 0 Å². The Morgan fingerprint density at radius 2 is 1.30 bits per heavy atom. The van der Waals surface area contributed by atoms with Crippen LogP contribution in [0.3, 0.4) is 0 Å². The smallest absolute Gasteiger partial charge is 0.348 e. The van der Waals surface area contributed by atoms with E-state index in [9.17, 15) is 22.8 Å². The van der Waals surface area contributed by atoms with Crippen molar-refractivity contribution >= 4 is 44.9 Å². The number of amides is 3. The first-order chi connectivity index (χ1) is 27.2. The van der Waals surface area contributed by atoms with E-state index < -0.39 is 21.4 Å². The lowest BCUT2D eigenvalue weighted by atomic mass is 9.93. The number of aromatic amines is 2. The van der Waals surface area contributed by atoms with Crippen molar-refractivity contribution in [2.24, 2.45) is 21.7 Å². The number of nitrogens with zero attached hydrogens (tertiary/aromatic N) is 5. The van der Waals surface area contributed by atoms with E-state index in [0.29, 0.717) is 5.41 Å². The molecule has 14 heteroatoms. The molecule has 0 saturated heterocycles. The van der Waals surface area contributed by atoms with Gasteiger partial charge in [-0.05, 0) is 62.9 Å². The highest BCUT2D eigenvalue weighted by molar-refractivity contribution is 8.13. The summed E-state index contributed by atoms with van der Waals surface area (Å²) in [5, 5.41) is 1.92. The number of rotatable bonds is 4. The lowest BCUT2D eigenvalue weighted by Crippen LogP contribution is -2.45. The average Bonchev–Trinajstić information content (AvgIpc) is 3.89. The number of aromatic nitrogens is 5. The van der Waals surface area contributed by atoms with E-state index in [0.717, 1.165) is 21.5 Å². The number of pyridine rings is 1. The number of carbonyl (C=O) groups is 3. The van der Waals surface area contributed by atoms with Crippen molar-refractivity contribution in [3.63, 3.8) is 0 Å². The summed E-state index contributed by atoms with van der Waals surface area (Å²) in [4.78, 5) is 56.1. The second-order valence-electron chi connectivity index (χ2n) is 18.9. The Kier molecular flexibility index (Phi) is 30.4. The first-order valence-corrected chi connectivity index (χ1v) is 22.7. The topological polar surface area (TPSA) is 171 Å². The molecule has 12 nitrogen and oxygen atoms in total. The number of carbonyl (C=O) groups excluding carboxylic acids is 3. The van der Waals surface area contributed by atoms with Crippen LogP contribution in [0.1, 0.15) is 157 Å². The molecule has 3 amide bonds.